The van der Waals surface area contributed by atoms with Gasteiger partial charge in [-0.3, -0.25) is 4.99 Å². The lowest BCUT2D eigenvalue weighted by molar-refractivity contribution is -0.284. The van der Waals surface area contributed by atoms with Gasteiger partial charge in [0.2, 0.25) is 0 Å². The van der Waals surface area contributed by atoms with E-state index in [2.05, 4.69) is 20.3 Å². The topological polar surface area (TPSA) is 130 Å². The van der Waals surface area contributed by atoms with Crippen molar-refractivity contribution in [3.05, 3.63) is 47.8 Å². The molecule has 5 N–H and O–H groups in total. The number of nitrogens with two attached hydrogens (primary N) is 2. The number of hydrogen-bond acceptors (Lipinski definition) is 5. The Labute approximate surface area is 151 Å². The molecular formula is C18H22N7O-. The number of benzene rings is 1. The molecule has 0 amide bonds. The molecule has 0 radical (unpaired) electrons. The highest BCUT2D eigenvalue weighted by Gasteiger charge is 2.10. The number of aromatic nitrogens is 3. The summed E-state index contributed by atoms with van der Waals surface area (Å²) in [5.74, 6) is 0.612. The summed E-state index contributed by atoms with van der Waals surface area (Å²) in [7, 11) is 0. The number of aryl methyl sites for hydroxylation is 1. The maximum absolute atomic E-state index is 12.2. The minimum Gasteiger partial charge on any atom is -0.845 e. The van der Waals surface area contributed by atoms with Crippen molar-refractivity contribution in [1.82, 2.24) is 19.9 Å². The molecule has 0 aliphatic carbocycles. The van der Waals surface area contributed by atoms with Crippen molar-refractivity contribution >= 4 is 5.96 Å². The van der Waals surface area contributed by atoms with Crippen LogP contribution in [0.5, 0.6) is 6.01 Å². The summed E-state index contributed by atoms with van der Waals surface area (Å²) in [4.78, 5) is 12.2. The highest BCUT2D eigenvalue weighted by atomic mass is 16.3. The Morgan fingerprint density at radius 1 is 1.23 bits per heavy atom. The third-order valence-corrected chi connectivity index (χ3v) is 3.93. The van der Waals surface area contributed by atoms with Crippen LogP contribution in [0, 0.1) is 6.92 Å². The zero-order chi connectivity index (χ0) is 18.5. The lowest BCUT2D eigenvalue weighted by Crippen LogP contribution is -2.23. The zero-order valence-corrected chi connectivity index (χ0v) is 14.6. The number of fused-ring (bicyclic) bond motifs is 1. The molecular weight excluding hydrogens is 330 g/mol. The van der Waals surface area contributed by atoms with Crippen molar-refractivity contribution in [2.45, 2.75) is 19.9 Å². The fourth-order valence-corrected chi connectivity index (χ4v) is 2.68. The van der Waals surface area contributed by atoms with Gasteiger partial charge in [0.05, 0.1) is 6.01 Å². The van der Waals surface area contributed by atoms with E-state index in [9.17, 15) is 5.11 Å². The van der Waals surface area contributed by atoms with E-state index in [1.807, 2.05) is 37.3 Å². The van der Waals surface area contributed by atoms with E-state index in [1.165, 1.54) is 4.57 Å². The first-order chi connectivity index (χ1) is 12.5. The summed E-state index contributed by atoms with van der Waals surface area (Å²) in [5.41, 5.74) is 14.2. The molecule has 0 saturated carbocycles. The van der Waals surface area contributed by atoms with Crippen molar-refractivity contribution in [1.29, 1.82) is 0 Å². The largest absolute Gasteiger partial charge is 0.845 e. The van der Waals surface area contributed by atoms with Gasteiger partial charge in [0.25, 0.3) is 0 Å². The molecule has 136 valence electrons. The second kappa shape index (κ2) is 7.83. The normalized spacial score (nSPS) is 11.0. The van der Waals surface area contributed by atoms with E-state index in [0.29, 0.717) is 12.4 Å². The molecule has 0 atom stereocenters. The molecule has 0 unspecified atom stereocenters. The average molecular weight is 352 g/mol. The second-order valence-corrected chi connectivity index (χ2v) is 6.07. The van der Waals surface area contributed by atoms with Gasteiger partial charge in [-0.15, -0.1) is 0 Å². The fraction of sp³-hybridized carbons (Fsp3) is 0.278. The summed E-state index contributed by atoms with van der Waals surface area (Å²) >= 11 is 0. The van der Waals surface area contributed by atoms with Gasteiger partial charge in [0, 0.05) is 36.2 Å². The molecule has 0 spiro atoms. The summed E-state index contributed by atoms with van der Waals surface area (Å²) in [6.45, 7) is 4.06. The van der Waals surface area contributed by atoms with Crippen LogP contribution < -0.4 is 21.9 Å². The van der Waals surface area contributed by atoms with Crippen molar-refractivity contribution in [2.24, 2.45) is 16.5 Å². The van der Waals surface area contributed by atoms with Crippen molar-refractivity contribution in [2.75, 3.05) is 13.1 Å². The highest BCUT2D eigenvalue weighted by molar-refractivity contribution is 5.75. The first-order valence-electron chi connectivity index (χ1n) is 8.42. The quantitative estimate of drug-likeness (QED) is 0.323. The zero-order valence-electron chi connectivity index (χ0n) is 14.6. The van der Waals surface area contributed by atoms with Crippen LogP contribution in [0.25, 0.3) is 17.1 Å². The van der Waals surface area contributed by atoms with E-state index in [-0.39, 0.29) is 12.0 Å². The van der Waals surface area contributed by atoms with E-state index < -0.39 is 0 Å². The van der Waals surface area contributed by atoms with Crippen LogP contribution in [0.2, 0.25) is 0 Å². The van der Waals surface area contributed by atoms with Crippen molar-refractivity contribution in [3.63, 3.8) is 0 Å². The fourth-order valence-electron chi connectivity index (χ4n) is 2.68. The smallest absolute Gasteiger partial charge is 0.185 e. The maximum Gasteiger partial charge on any atom is 0.185 e. The van der Waals surface area contributed by atoms with Gasteiger partial charge in [0.15, 0.2) is 11.8 Å². The van der Waals surface area contributed by atoms with Crippen LogP contribution >= 0.6 is 0 Å². The molecule has 3 rings (SSSR count). The summed E-state index contributed by atoms with van der Waals surface area (Å²) < 4.78 is 1.54. The number of aliphatic imine (C=N–C) groups is 1. The Morgan fingerprint density at radius 2 is 2.00 bits per heavy atom. The van der Waals surface area contributed by atoms with Gasteiger partial charge in [-0.1, -0.05) is 12.1 Å². The van der Waals surface area contributed by atoms with Crippen molar-refractivity contribution < 1.29 is 5.11 Å². The standard InChI is InChI=1S/C18H23N7O/c1-12-9-14-11-25(18(26)24-16(14)23-12)15-5-3-13(4-6-15)10-21-7-2-8-22-17(19)20/h3-6,9,11,21H,2,7-8,10H2,1H3,(H4,19,20,22)(H,23,24,26)/p-1. The Hall–Kier alpha value is -3.13. The van der Waals surface area contributed by atoms with Crippen LogP contribution in [0.4, 0.5) is 0 Å². The van der Waals surface area contributed by atoms with Gasteiger partial charge in [-0.25, -0.2) is 9.97 Å². The molecule has 1 aromatic carbocycles. The van der Waals surface area contributed by atoms with Gasteiger partial charge in [-0.05, 0) is 43.7 Å². The summed E-state index contributed by atoms with van der Waals surface area (Å²) in [5, 5.41) is 15.6. The minimum atomic E-state index is -0.332. The van der Waals surface area contributed by atoms with Crippen LogP contribution in [-0.4, -0.2) is 33.6 Å². The molecule has 2 aliphatic heterocycles. The molecule has 8 heteroatoms. The Kier molecular flexibility index (Phi) is 5.33. The predicted molar refractivity (Wildman–Crippen MR) is 99.2 cm³/mol. The number of nitrogens with zero attached hydrogens (tertiary/aromatic N) is 4. The van der Waals surface area contributed by atoms with Crippen molar-refractivity contribution in [3.8, 4) is 23.1 Å². The second-order valence-electron chi connectivity index (χ2n) is 6.07. The molecule has 8 nitrogen and oxygen atoms in total. The SMILES string of the molecule is Cc1cc2cn(-c3ccc(CNCCCN=C(N)N)cc3)c([O-])nc-2n1. The molecule has 1 aromatic rings. The van der Waals surface area contributed by atoms with E-state index in [4.69, 9.17) is 11.5 Å². The maximum atomic E-state index is 12.2. The Morgan fingerprint density at radius 3 is 2.73 bits per heavy atom. The van der Waals surface area contributed by atoms with Gasteiger partial charge in [-0.2, -0.15) is 0 Å². The molecule has 26 heavy (non-hydrogen) atoms. The van der Waals surface area contributed by atoms with Crippen LogP contribution in [0.1, 0.15) is 17.7 Å². The first kappa shape index (κ1) is 17.7. The highest BCUT2D eigenvalue weighted by Crippen LogP contribution is 2.24. The lowest BCUT2D eigenvalue weighted by Gasteiger charge is -2.18. The van der Waals surface area contributed by atoms with Gasteiger partial charge in [0.1, 0.15) is 0 Å². The molecule has 0 bridgehead atoms. The monoisotopic (exact) mass is 352 g/mol. The number of guanidine groups is 1. The first-order valence-corrected chi connectivity index (χ1v) is 8.42. The van der Waals surface area contributed by atoms with Crippen LogP contribution in [0.15, 0.2) is 41.5 Å². The molecule has 0 fully saturated rings. The van der Waals surface area contributed by atoms with Gasteiger partial charge < -0.3 is 26.5 Å². The van der Waals surface area contributed by atoms with E-state index in [0.717, 1.165) is 42.0 Å². The Bertz CT molecular complexity index is 866. The van der Waals surface area contributed by atoms with Gasteiger partial charge >= 0.3 is 0 Å². The number of hydrogen-bond donors (Lipinski definition) is 3. The predicted octanol–water partition coefficient (Wildman–Crippen LogP) is 0.507. The van der Waals surface area contributed by atoms with Crippen LogP contribution in [0.3, 0.4) is 0 Å². The Balaban J connectivity index is 1.62. The minimum absolute atomic E-state index is 0.121. The third-order valence-electron chi connectivity index (χ3n) is 3.93. The molecule has 0 saturated heterocycles. The van der Waals surface area contributed by atoms with Crippen LogP contribution in [-0.2, 0) is 6.54 Å². The lowest BCUT2D eigenvalue weighted by atomic mass is 10.2. The molecule has 0 aromatic heterocycles. The molecule has 2 heterocycles. The average Bonchev–Trinajstić information content (AvgIpc) is 2.96. The number of rotatable bonds is 7. The number of nitrogens with one attached hydrogen (secondary N) is 1. The summed E-state index contributed by atoms with van der Waals surface area (Å²) in [6.07, 6.45) is 2.64. The van der Waals surface area contributed by atoms with E-state index >= 15 is 0 Å². The third kappa shape index (κ3) is 4.28. The van der Waals surface area contributed by atoms with E-state index in [1.54, 1.807) is 6.20 Å². The molecule has 2 aliphatic rings. The summed E-state index contributed by atoms with van der Waals surface area (Å²) in [6, 6.07) is 9.39.